The lowest BCUT2D eigenvalue weighted by atomic mass is 10.2. The molecule has 0 aromatic carbocycles. The van der Waals surface area contributed by atoms with Crippen LogP contribution in [0.1, 0.15) is 23.9 Å². The van der Waals surface area contributed by atoms with Gasteiger partial charge >= 0.3 is 0 Å². The van der Waals surface area contributed by atoms with Gasteiger partial charge in [-0.05, 0) is 19.9 Å². The normalized spacial score (nSPS) is 10.5. The fourth-order valence-electron chi connectivity index (χ4n) is 1.87. The van der Waals surface area contributed by atoms with Crippen molar-refractivity contribution in [2.24, 2.45) is 7.05 Å². The van der Waals surface area contributed by atoms with Crippen molar-refractivity contribution in [2.45, 2.75) is 33.5 Å². The van der Waals surface area contributed by atoms with Crippen LogP contribution in [0.2, 0.25) is 0 Å². The van der Waals surface area contributed by atoms with Gasteiger partial charge in [-0.25, -0.2) is 4.68 Å². The summed E-state index contributed by atoms with van der Waals surface area (Å²) >= 11 is 0. The van der Waals surface area contributed by atoms with Gasteiger partial charge in [0.05, 0.1) is 11.4 Å². The molecule has 0 aliphatic heterocycles. The summed E-state index contributed by atoms with van der Waals surface area (Å²) in [6, 6.07) is 1.94. The van der Waals surface area contributed by atoms with Gasteiger partial charge in [0.25, 0.3) is 0 Å². The SMILES string of the molecule is CCn1nc(C)c(CNCc2ccn(C)n2)c1F.Cl. The minimum atomic E-state index is -0.247. The molecule has 0 aliphatic rings. The van der Waals surface area contributed by atoms with Crippen molar-refractivity contribution in [3.05, 3.63) is 35.2 Å². The molecule has 0 fully saturated rings. The summed E-state index contributed by atoms with van der Waals surface area (Å²) in [7, 11) is 1.87. The number of hydrogen-bond donors (Lipinski definition) is 1. The van der Waals surface area contributed by atoms with E-state index in [-0.39, 0.29) is 18.4 Å². The van der Waals surface area contributed by atoms with Gasteiger partial charge in [0, 0.05) is 38.4 Å². The Morgan fingerprint density at radius 1 is 1.32 bits per heavy atom. The molecule has 0 amide bonds. The number of rotatable bonds is 5. The number of hydrogen-bond acceptors (Lipinski definition) is 3. The third-order valence-corrected chi connectivity index (χ3v) is 2.86. The minimum absolute atomic E-state index is 0. The molecule has 7 heteroatoms. The van der Waals surface area contributed by atoms with Crippen molar-refractivity contribution in [3.63, 3.8) is 0 Å². The summed E-state index contributed by atoms with van der Waals surface area (Å²) in [6.07, 6.45) is 1.89. The zero-order chi connectivity index (χ0) is 13.1. The molecule has 106 valence electrons. The van der Waals surface area contributed by atoms with Crippen LogP contribution in [0, 0.1) is 12.9 Å². The van der Waals surface area contributed by atoms with E-state index in [0.29, 0.717) is 25.2 Å². The van der Waals surface area contributed by atoms with Crippen LogP contribution in [0.4, 0.5) is 4.39 Å². The first-order chi connectivity index (χ1) is 8.61. The zero-order valence-electron chi connectivity index (χ0n) is 11.4. The predicted octanol–water partition coefficient (Wildman–Crippen LogP) is 1.80. The lowest BCUT2D eigenvalue weighted by Gasteiger charge is -2.02. The second-order valence-corrected chi connectivity index (χ2v) is 4.25. The number of nitrogens with one attached hydrogen (secondary N) is 1. The van der Waals surface area contributed by atoms with Crippen molar-refractivity contribution in [1.29, 1.82) is 0 Å². The molecule has 0 atom stereocenters. The highest BCUT2D eigenvalue weighted by Crippen LogP contribution is 2.12. The van der Waals surface area contributed by atoms with E-state index >= 15 is 0 Å². The maximum atomic E-state index is 13.9. The molecule has 0 saturated heterocycles. The third kappa shape index (κ3) is 3.54. The number of halogens is 2. The highest BCUT2D eigenvalue weighted by molar-refractivity contribution is 5.85. The number of aromatic nitrogens is 4. The van der Waals surface area contributed by atoms with Gasteiger partial charge in [0.2, 0.25) is 5.95 Å². The van der Waals surface area contributed by atoms with Gasteiger partial charge in [-0.1, -0.05) is 0 Å². The summed E-state index contributed by atoms with van der Waals surface area (Å²) in [5.74, 6) is -0.247. The second kappa shape index (κ2) is 6.68. The van der Waals surface area contributed by atoms with Crippen LogP contribution in [0.3, 0.4) is 0 Å². The van der Waals surface area contributed by atoms with E-state index < -0.39 is 0 Å². The fourth-order valence-corrected chi connectivity index (χ4v) is 1.87. The van der Waals surface area contributed by atoms with Crippen LogP contribution in [0.15, 0.2) is 12.3 Å². The van der Waals surface area contributed by atoms with Gasteiger partial charge in [0.1, 0.15) is 0 Å². The van der Waals surface area contributed by atoms with Crippen molar-refractivity contribution >= 4 is 12.4 Å². The van der Waals surface area contributed by atoms with Gasteiger partial charge < -0.3 is 5.32 Å². The monoisotopic (exact) mass is 287 g/mol. The highest BCUT2D eigenvalue weighted by Gasteiger charge is 2.13. The molecule has 19 heavy (non-hydrogen) atoms. The molecule has 2 heterocycles. The van der Waals surface area contributed by atoms with Crippen LogP contribution < -0.4 is 5.32 Å². The van der Waals surface area contributed by atoms with Gasteiger partial charge in [-0.3, -0.25) is 4.68 Å². The average molecular weight is 288 g/mol. The lowest BCUT2D eigenvalue weighted by Crippen LogP contribution is -2.15. The number of nitrogens with zero attached hydrogens (tertiary/aromatic N) is 4. The molecule has 0 radical (unpaired) electrons. The molecule has 2 aromatic rings. The van der Waals surface area contributed by atoms with Crippen molar-refractivity contribution in [3.8, 4) is 0 Å². The Bertz CT molecular complexity index is 534. The summed E-state index contributed by atoms with van der Waals surface area (Å²) in [6.45, 7) is 5.34. The third-order valence-electron chi connectivity index (χ3n) is 2.86. The standard InChI is InChI=1S/C12H18FN5.ClH/c1-4-18-12(13)11(9(2)15-18)8-14-7-10-5-6-17(3)16-10;/h5-6,14H,4,7-8H2,1-3H3;1H. The Labute approximate surface area is 118 Å². The molecule has 0 unspecified atom stereocenters. The van der Waals surface area contributed by atoms with E-state index in [2.05, 4.69) is 15.5 Å². The van der Waals surface area contributed by atoms with E-state index in [1.807, 2.05) is 33.2 Å². The average Bonchev–Trinajstić information content (AvgIpc) is 2.86. The van der Waals surface area contributed by atoms with Crippen LogP contribution in [-0.4, -0.2) is 19.6 Å². The van der Waals surface area contributed by atoms with Crippen LogP contribution in [0.25, 0.3) is 0 Å². The first-order valence-electron chi connectivity index (χ1n) is 6.02. The highest BCUT2D eigenvalue weighted by atomic mass is 35.5. The van der Waals surface area contributed by atoms with Crippen molar-refractivity contribution in [2.75, 3.05) is 0 Å². The van der Waals surface area contributed by atoms with Crippen molar-refractivity contribution in [1.82, 2.24) is 24.9 Å². The van der Waals surface area contributed by atoms with E-state index in [9.17, 15) is 4.39 Å². The molecule has 0 spiro atoms. The Kier molecular flexibility index (Phi) is 5.50. The van der Waals surface area contributed by atoms with Crippen LogP contribution in [0.5, 0.6) is 0 Å². The van der Waals surface area contributed by atoms with E-state index in [1.165, 1.54) is 4.68 Å². The van der Waals surface area contributed by atoms with Crippen LogP contribution in [-0.2, 0) is 26.7 Å². The molecule has 2 aromatic heterocycles. The van der Waals surface area contributed by atoms with Crippen LogP contribution >= 0.6 is 12.4 Å². The predicted molar refractivity (Wildman–Crippen MR) is 73.6 cm³/mol. The fraction of sp³-hybridized carbons (Fsp3) is 0.500. The minimum Gasteiger partial charge on any atom is -0.307 e. The van der Waals surface area contributed by atoms with Crippen molar-refractivity contribution < 1.29 is 4.39 Å². The first-order valence-corrected chi connectivity index (χ1v) is 6.02. The molecular formula is C12H19ClFN5. The van der Waals surface area contributed by atoms with Gasteiger partial charge in [-0.2, -0.15) is 14.6 Å². The second-order valence-electron chi connectivity index (χ2n) is 4.25. The first kappa shape index (κ1) is 15.7. The summed E-state index contributed by atoms with van der Waals surface area (Å²) < 4.78 is 17.0. The summed E-state index contributed by atoms with van der Waals surface area (Å²) in [4.78, 5) is 0. The maximum absolute atomic E-state index is 13.9. The Balaban J connectivity index is 0.00000180. The summed E-state index contributed by atoms with van der Waals surface area (Å²) in [5, 5.41) is 11.6. The summed E-state index contributed by atoms with van der Waals surface area (Å²) in [5.41, 5.74) is 2.31. The molecule has 2 rings (SSSR count). The zero-order valence-corrected chi connectivity index (χ0v) is 12.2. The van der Waals surface area contributed by atoms with E-state index in [4.69, 9.17) is 0 Å². The molecule has 0 bridgehead atoms. The topological polar surface area (TPSA) is 47.7 Å². The van der Waals surface area contributed by atoms with Gasteiger partial charge in [-0.15, -0.1) is 12.4 Å². The van der Waals surface area contributed by atoms with E-state index in [0.717, 1.165) is 11.4 Å². The molecule has 1 N–H and O–H groups in total. The van der Waals surface area contributed by atoms with Gasteiger partial charge in [0.15, 0.2) is 0 Å². The Morgan fingerprint density at radius 3 is 2.58 bits per heavy atom. The molecule has 0 aliphatic carbocycles. The van der Waals surface area contributed by atoms with E-state index in [1.54, 1.807) is 4.68 Å². The largest absolute Gasteiger partial charge is 0.307 e. The Morgan fingerprint density at radius 2 is 2.05 bits per heavy atom. The lowest BCUT2D eigenvalue weighted by molar-refractivity contribution is 0.460. The molecule has 0 saturated carbocycles. The quantitative estimate of drug-likeness (QED) is 0.912. The molecular weight excluding hydrogens is 269 g/mol. The number of aryl methyl sites for hydroxylation is 3. The Hall–Kier alpha value is -1.40. The molecule has 5 nitrogen and oxygen atoms in total. The smallest absolute Gasteiger partial charge is 0.216 e. The maximum Gasteiger partial charge on any atom is 0.216 e.